The van der Waals surface area contributed by atoms with Gasteiger partial charge < -0.3 is 14.6 Å². The van der Waals surface area contributed by atoms with E-state index < -0.39 is 0 Å². The normalized spacial score (nSPS) is 15.8. The Kier molecular flexibility index (Phi) is 6.58. The van der Waals surface area contributed by atoms with E-state index in [1.54, 1.807) is 7.11 Å². The lowest BCUT2D eigenvalue weighted by atomic mass is 10.1. The summed E-state index contributed by atoms with van der Waals surface area (Å²) in [4.78, 5) is 14.4. The summed E-state index contributed by atoms with van der Waals surface area (Å²) in [5.41, 5.74) is 2.62. The Morgan fingerprint density at radius 2 is 2.00 bits per heavy atom. The van der Waals surface area contributed by atoms with Crippen LogP contribution in [0.4, 0.5) is 0 Å². The van der Waals surface area contributed by atoms with Crippen molar-refractivity contribution in [1.82, 2.24) is 25.0 Å². The van der Waals surface area contributed by atoms with E-state index in [9.17, 15) is 4.79 Å². The molecule has 2 aromatic rings. The third kappa shape index (κ3) is 5.14. The third-order valence-corrected chi connectivity index (χ3v) is 4.97. The molecule has 1 aromatic heterocycles. The fraction of sp³-hybridized carbons (Fsp3) is 0.550. The van der Waals surface area contributed by atoms with E-state index in [-0.39, 0.29) is 11.9 Å². The topological polar surface area (TPSA) is 72.3 Å². The molecule has 0 aliphatic carbocycles. The first-order chi connectivity index (χ1) is 13.1. The molecule has 0 radical (unpaired) electrons. The Bertz CT molecular complexity index is 756. The van der Waals surface area contributed by atoms with E-state index in [2.05, 4.69) is 56.2 Å². The zero-order valence-corrected chi connectivity index (χ0v) is 16.4. The second-order valence-corrected chi connectivity index (χ2v) is 7.17. The summed E-state index contributed by atoms with van der Waals surface area (Å²) in [7, 11) is 1.59. The predicted octanol–water partition coefficient (Wildman–Crippen LogP) is 1.86. The van der Waals surface area contributed by atoms with Crippen molar-refractivity contribution in [2.24, 2.45) is 0 Å². The first-order valence-electron chi connectivity index (χ1n) is 9.55. The van der Waals surface area contributed by atoms with Crippen LogP contribution in [0, 0.1) is 6.92 Å². The number of nitrogens with zero attached hydrogens (tertiary/aromatic N) is 4. The van der Waals surface area contributed by atoms with Gasteiger partial charge in [-0.3, -0.25) is 9.69 Å². The molecule has 0 fully saturated rings. The molecule has 27 heavy (non-hydrogen) atoms. The highest BCUT2D eigenvalue weighted by Gasteiger charge is 2.22. The number of hydrogen-bond acceptors (Lipinski definition) is 5. The van der Waals surface area contributed by atoms with Crippen molar-refractivity contribution >= 4 is 5.91 Å². The summed E-state index contributed by atoms with van der Waals surface area (Å²) in [5.74, 6) is 1.79. The van der Waals surface area contributed by atoms with E-state index in [1.165, 1.54) is 11.1 Å². The van der Waals surface area contributed by atoms with E-state index >= 15 is 0 Å². The molecule has 0 saturated heterocycles. The lowest BCUT2D eigenvalue weighted by molar-refractivity contribution is -0.122. The van der Waals surface area contributed by atoms with Crippen LogP contribution < -0.4 is 5.32 Å². The Hall–Kier alpha value is -2.25. The van der Waals surface area contributed by atoms with Gasteiger partial charge in [-0.1, -0.05) is 29.8 Å². The fourth-order valence-corrected chi connectivity index (χ4v) is 3.39. The Balaban J connectivity index is 1.61. The third-order valence-electron chi connectivity index (χ3n) is 4.97. The van der Waals surface area contributed by atoms with Crippen LogP contribution in [-0.2, 0) is 29.0 Å². The molecule has 7 nitrogen and oxygen atoms in total. The first kappa shape index (κ1) is 19.5. The van der Waals surface area contributed by atoms with Crippen molar-refractivity contribution in [3.8, 4) is 0 Å². The predicted molar refractivity (Wildman–Crippen MR) is 103 cm³/mol. The molecule has 146 valence electrons. The number of hydrogen-bond donors (Lipinski definition) is 1. The smallest absolute Gasteiger partial charge is 0.222 e. The molecule has 1 amide bonds. The zero-order valence-electron chi connectivity index (χ0n) is 16.4. The van der Waals surface area contributed by atoms with Crippen LogP contribution in [0.1, 0.15) is 42.2 Å². The Labute approximate surface area is 160 Å². The lowest BCUT2D eigenvalue weighted by Crippen LogP contribution is -2.30. The minimum Gasteiger partial charge on any atom is -0.384 e. The minimum absolute atomic E-state index is 0.0312. The molecule has 1 N–H and O–H groups in total. The number of aryl methyl sites for hydroxylation is 1. The number of aromatic nitrogens is 3. The molecule has 1 aliphatic heterocycles. The van der Waals surface area contributed by atoms with E-state index in [1.807, 2.05) is 6.92 Å². The maximum atomic E-state index is 12.0. The van der Waals surface area contributed by atoms with E-state index in [0.717, 1.165) is 44.2 Å². The monoisotopic (exact) mass is 371 g/mol. The van der Waals surface area contributed by atoms with Crippen LogP contribution in [0.25, 0.3) is 0 Å². The van der Waals surface area contributed by atoms with Gasteiger partial charge in [0.1, 0.15) is 5.82 Å². The van der Waals surface area contributed by atoms with Crippen molar-refractivity contribution in [3.63, 3.8) is 0 Å². The second-order valence-electron chi connectivity index (χ2n) is 7.17. The van der Waals surface area contributed by atoms with Crippen LogP contribution in [0.15, 0.2) is 24.3 Å². The highest BCUT2D eigenvalue weighted by molar-refractivity contribution is 5.76. The maximum Gasteiger partial charge on any atom is 0.222 e. The van der Waals surface area contributed by atoms with Crippen molar-refractivity contribution in [1.29, 1.82) is 0 Å². The van der Waals surface area contributed by atoms with Crippen LogP contribution in [0.2, 0.25) is 0 Å². The quantitative estimate of drug-likeness (QED) is 0.804. The van der Waals surface area contributed by atoms with Gasteiger partial charge in [0.05, 0.1) is 12.6 Å². The van der Waals surface area contributed by atoms with Gasteiger partial charge in [0.25, 0.3) is 0 Å². The van der Waals surface area contributed by atoms with Crippen LogP contribution in [-0.4, -0.2) is 52.4 Å². The highest BCUT2D eigenvalue weighted by atomic mass is 16.5. The summed E-state index contributed by atoms with van der Waals surface area (Å²) < 4.78 is 7.12. The van der Waals surface area contributed by atoms with Gasteiger partial charge in [-0.15, -0.1) is 10.2 Å². The number of carbonyl (C=O) groups is 1. The second kappa shape index (κ2) is 9.10. The van der Waals surface area contributed by atoms with Gasteiger partial charge in [0, 0.05) is 46.1 Å². The van der Waals surface area contributed by atoms with E-state index in [0.29, 0.717) is 13.0 Å². The molecule has 0 saturated carbocycles. The van der Waals surface area contributed by atoms with Gasteiger partial charge in [-0.2, -0.15) is 0 Å². The molecule has 1 aromatic carbocycles. The average Bonchev–Trinajstić information content (AvgIpc) is 2.97. The summed E-state index contributed by atoms with van der Waals surface area (Å²) in [6.45, 7) is 8.16. The number of rotatable bonds is 7. The number of nitrogens with one attached hydrogen (secondary N) is 1. The number of amides is 1. The minimum atomic E-state index is -0.167. The van der Waals surface area contributed by atoms with Crippen molar-refractivity contribution in [2.45, 2.75) is 45.8 Å². The molecule has 1 aliphatic rings. The SMILES string of the molecule is COCCC(=O)N[C@@H](C)c1nnc2n1CCN(Cc1ccc(C)cc1)CC2. The first-order valence-corrected chi connectivity index (χ1v) is 9.55. The highest BCUT2D eigenvalue weighted by Crippen LogP contribution is 2.17. The van der Waals surface area contributed by atoms with E-state index in [4.69, 9.17) is 4.74 Å². The molecule has 7 heteroatoms. The van der Waals surface area contributed by atoms with Gasteiger partial charge in [-0.05, 0) is 19.4 Å². The number of carbonyl (C=O) groups excluding carboxylic acids is 1. The van der Waals surface area contributed by atoms with Gasteiger partial charge in [0.15, 0.2) is 5.82 Å². The van der Waals surface area contributed by atoms with Crippen molar-refractivity contribution < 1.29 is 9.53 Å². The molecule has 1 atom stereocenters. The van der Waals surface area contributed by atoms with Crippen molar-refractivity contribution in [2.75, 3.05) is 26.8 Å². The lowest BCUT2D eigenvalue weighted by Gasteiger charge is -2.20. The summed E-state index contributed by atoms with van der Waals surface area (Å²) >= 11 is 0. The molecular formula is C20H29N5O2. The number of ether oxygens (including phenoxy) is 1. The van der Waals surface area contributed by atoms with Gasteiger partial charge in [-0.25, -0.2) is 0 Å². The summed E-state index contributed by atoms with van der Waals surface area (Å²) in [5, 5.41) is 11.7. The molecule has 3 rings (SSSR count). The Morgan fingerprint density at radius 1 is 1.22 bits per heavy atom. The number of benzene rings is 1. The van der Waals surface area contributed by atoms with Crippen LogP contribution >= 0.6 is 0 Å². The molecule has 0 spiro atoms. The van der Waals surface area contributed by atoms with Gasteiger partial charge in [0.2, 0.25) is 5.91 Å². The molecule has 0 unspecified atom stereocenters. The van der Waals surface area contributed by atoms with Gasteiger partial charge >= 0.3 is 0 Å². The largest absolute Gasteiger partial charge is 0.384 e. The summed E-state index contributed by atoms with van der Waals surface area (Å²) in [6, 6.07) is 8.55. The fourth-order valence-electron chi connectivity index (χ4n) is 3.39. The molecular weight excluding hydrogens is 342 g/mol. The summed E-state index contributed by atoms with van der Waals surface area (Å²) in [6.07, 6.45) is 1.22. The Morgan fingerprint density at radius 3 is 2.74 bits per heavy atom. The van der Waals surface area contributed by atoms with Crippen LogP contribution in [0.3, 0.4) is 0 Å². The number of fused-ring (bicyclic) bond motifs is 1. The molecule has 0 bridgehead atoms. The van der Waals surface area contributed by atoms with Crippen molar-refractivity contribution in [3.05, 3.63) is 47.0 Å². The maximum absolute atomic E-state index is 12.0. The standard InChI is InChI=1S/C20H29N5O2/c1-15-4-6-17(7-5-15)14-24-10-8-18-22-23-20(25(18)12-11-24)16(2)21-19(26)9-13-27-3/h4-7,16H,8-14H2,1-3H3,(H,21,26)/t16-/m0/s1. The molecule has 2 heterocycles. The van der Waals surface area contributed by atoms with Crippen LogP contribution in [0.5, 0.6) is 0 Å². The zero-order chi connectivity index (χ0) is 19.2. The average molecular weight is 371 g/mol. The number of methoxy groups -OCH3 is 1.